The molecule has 3 heteroatoms. The van der Waals surface area contributed by atoms with Crippen molar-refractivity contribution in [2.24, 2.45) is 0 Å². The van der Waals surface area contributed by atoms with Gasteiger partial charge in [0.05, 0.1) is 6.04 Å². The summed E-state index contributed by atoms with van der Waals surface area (Å²) < 4.78 is 6.10. The lowest BCUT2D eigenvalue weighted by atomic mass is 10.0. The third kappa shape index (κ3) is 2.41. The molecule has 3 heterocycles. The van der Waals surface area contributed by atoms with Gasteiger partial charge in [-0.3, -0.25) is 0 Å². The molecular weight excluding hydrogens is 224 g/mol. The summed E-state index contributed by atoms with van der Waals surface area (Å²) in [4.78, 5) is 2.43. The number of anilines is 1. The maximum absolute atomic E-state index is 6.10. The van der Waals surface area contributed by atoms with Crippen LogP contribution in [0.2, 0.25) is 0 Å². The fraction of sp³-hybridized carbons (Fsp3) is 0.733. The largest absolute Gasteiger partial charge is 0.444 e. The number of nitrogens with one attached hydrogen (secondary N) is 1. The standard InChI is InChI=1S/C15H24N2O/c1-12-6-3-5-11-17(12)15-9-8-14(18-15)13-7-2-4-10-16-13/h8-9,12-13,16H,2-7,10-11H2,1H3/t12?,13-/m0/s1. The smallest absolute Gasteiger partial charge is 0.195 e. The molecule has 3 rings (SSSR count). The predicted octanol–water partition coefficient (Wildman–Crippen LogP) is 3.47. The zero-order valence-corrected chi connectivity index (χ0v) is 11.3. The Balaban J connectivity index is 1.71. The summed E-state index contributed by atoms with van der Waals surface area (Å²) in [5.41, 5.74) is 0. The quantitative estimate of drug-likeness (QED) is 0.868. The highest BCUT2D eigenvalue weighted by molar-refractivity contribution is 5.38. The Hall–Kier alpha value is -0.960. The number of hydrogen-bond acceptors (Lipinski definition) is 3. The molecule has 2 saturated heterocycles. The van der Waals surface area contributed by atoms with Crippen LogP contribution in [0, 0.1) is 0 Å². The second-order valence-corrected chi connectivity index (χ2v) is 5.72. The Kier molecular flexibility index (Phi) is 3.59. The van der Waals surface area contributed by atoms with Crippen LogP contribution in [0.4, 0.5) is 5.88 Å². The number of nitrogens with zero attached hydrogens (tertiary/aromatic N) is 1. The topological polar surface area (TPSA) is 28.4 Å². The van der Waals surface area contributed by atoms with Gasteiger partial charge >= 0.3 is 0 Å². The van der Waals surface area contributed by atoms with Crippen LogP contribution in [0.3, 0.4) is 0 Å². The molecule has 1 aromatic rings. The molecule has 2 fully saturated rings. The maximum Gasteiger partial charge on any atom is 0.195 e. The minimum Gasteiger partial charge on any atom is -0.444 e. The molecule has 100 valence electrons. The first-order chi connectivity index (χ1) is 8.84. The molecule has 0 aromatic carbocycles. The van der Waals surface area contributed by atoms with E-state index in [1.807, 2.05) is 0 Å². The third-order valence-electron chi connectivity index (χ3n) is 4.35. The van der Waals surface area contributed by atoms with Crippen molar-refractivity contribution >= 4 is 5.88 Å². The van der Waals surface area contributed by atoms with Gasteiger partial charge in [-0.2, -0.15) is 0 Å². The molecule has 0 bridgehead atoms. The van der Waals surface area contributed by atoms with Gasteiger partial charge in [0.1, 0.15) is 5.76 Å². The van der Waals surface area contributed by atoms with Crippen LogP contribution in [0.15, 0.2) is 16.5 Å². The zero-order chi connectivity index (χ0) is 12.4. The lowest BCUT2D eigenvalue weighted by Crippen LogP contribution is -2.37. The van der Waals surface area contributed by atoms with Gasteiger partial charge in [0.25, 0.3) is 0 Å². The number of furan rings is 1. The molecule has 0 saturated carbocycles. The molecule has 2 aliphatic rings. The third-order valence-corrected chi connectivity index (χ3v) is 4.35. The first-order valence-corrected chi connectivity index (χ1v) is 7.44. The van der Waals surface area contributed by atoms with E-state index in [0.29, 0.717) is 12.1 Å². The SMILES string of the molecule is CC1CCCCN1c1ccc([C@@H]2CCCCN2)o1. The molecule has 1 unspecified atom stereocenters. The first-order valence-electron chi connectivity index (χ1n) is 7.44. The normalized spacial score (nSPS) is 29.5. The summed E-state index contributed by atoms with van der Waals surface area (Å²) in [6, 6.07) is 5.39. The van der Waals surface area contributed by atoms with Crippen LogP contribution in [0.25, 0.3) is 0 Å². The summed E-state index contributed by atoms with van der Waals surface area (Å²) in [6.45, 7) is 4.58. The monoisotopic (exact) mass is 248 g/mol. The van der Waals surface area contributed by atoms with Crippen molar-refractivity contribution in [3.8, 4) is 0 Å². The molecule has 2 atom stereocenters. The summed E-state index contributed by atoms with van der Waals surface area (Å²) in [5, 5.41) is 3.55. The maximum atomic E-state index is 6.10. The van der Waals surface area contributed by atoms with Crippen LogP contribution >= 0.6 is 0 Å². The fourth-order valence-corrected chi connectivity index (χ4v) is 3.20. The van der Waals surface area contributed by atoms with Crippen molar-refractivity contribution in [3.63, 3.8) is 0 Å². The highest BCUT2D eigenvalue weighted by Gasteiger charge is 2.23. The average Bonchev–Trinajstić information content (AvgIpc) is 2.90. The Morgan fingerprint density at radius 3 is 2.83 bits per heavy atom. The van der Waals surface area contributed by atoms with E-state index < -0.39 is 0 Å². The Bertz CT molecular complexity index is 382. The van der Waals surface area contributed by atoms with Gasteiger partial charge in [-0.05, 0) is 51.6 Å². The van der Waals surface area contributed by atoms with Gasteiger partial charge in [-0.1, -0.05) is 6.42 Å². The minimum absolute atomic E-state index is 0.438. The highest BCUT2D eigenvalue weighted by Crippen LogP contribution is 2.31. The van der Waals surface area contributed by atoms with Gasteiger partial charge in [0.2, 0.25) is 0 Å². The van der Waals surface area contributed by atoms with Crippen molar-refractivity contribution in [1.82, 2.24) is 5.32 Å². The van der Waals surface area contributed by atoms with Gasteiger partial charge in [-0.15, -0.1) is 0 Å². The number of hydrogen-bond donors (Lipinski definition) is 1. The fourth-order valence-electron chi connectivity index (χ4n) is 3.20. The average molecular weight is 248 g/mol. The van der Waals surface area contributed by atoms with Crippen LogP contribution < -0.4 is 10.2 Å². The highest BCUT2D eigenvalue weighted by atomic mass is 16.4. The Morgan fingerprint density at radius 1 is 1.17 bits per heavy atom. The molecule has 0 radical (unpaired) electrons. The van der Waals surface area contributed by atoms with Gasteiger partial charge in [-0.25, -0.2) is 0 Å². The Labute approximate surface area is 110 Å². The van der Waals surface area contributed by atoms with Crippen LogP contribution in [0.1, 0.15) is 57.3 Å². The molecule has 2 aliphatic heterocycles. The number of piperidine rings is 2. The van der Waals surface area contributed by atoms with E-state index in [0.717, 1.165) is 24.7 Å². The van der Waals surface area contributed by atoms with E-state index >= 15 is 0 Å². The van der Waals surface area contributed by atoms with Crippen molar-refractivity contribution in [2.75, 3.05) is 18.0 Å². The van der Waals surface area contributed by atoms with E-state index in [2.05, 4.69) is 29.3 Å². The van der Waals surface area contributed by atoms with Crippen molar-refractivity contribution in [2.45, 2.75) is 57.5 Å². The van der Waals surface area contributed by atoms with Crippen molar-refractivity contribution < 1.29 is 4.42 Å². The molecule has 0 spiro atoms. The van der Waals surface area contributed by atoms with E-state index in [1.165, 1.54) is 38.5 Å². The van der Waals surface area contributed by atoms with E-state index in [1.54, 1.807) is 0 Å². The number of rotatable bonds is 2. The van der Waals surface area contributed by atoms with Crippen molar-refractivity contribution in [1.29, 1.82) is 0 Å². The summed E-state index contributed by atoms with van der Waals surface area (Å²) in [6.07, 6.45) is 7.76. The van der Waals surface area contributed by atoms with Crippen molar-refractivity contribution in [3.05, 3.63) is 17.9 Å². The van der Waals surface area contributed by atoms with E-state index in [-0.39, 0.29) is 0 Å². The van der Waals surface area contributed by atoms with E-state index in [4.69, 9.17) is 4.42 Å². The lowest BCUT2D eigenvalue weighted by molar-refractivity contribution is 0.343. The predicted molar refractivity (Wildman–Crippen MR) is 74.0 cm³/mol. The Morgan fingerprint density at radius 2 is 2.06 bits per heavy atom. The zero-order valence-electron chi connectivity index (χ0n) is 11.3. The first kappa shape index (κ1) is 12.1. The molecule has 0 amide bonds. The molecule has 18 heavy (non-hydrogen) atoms. The van der Waals surface area contributed by atoms with Gasteiger partial charge in [0, 0.05) is 18.7 Å². The van der Waals surface area contributed by atoms with Crippen LogP contribution in [-0.2, 0) is 0 Å². The molecule has 0 aliphatic carbocycles. The second-order valence-electron chi connectivity index (χ2n) is 5.72. The van der Waals surface area contributed by atoms with Gasteiger partial charge < -0.3 is 14.6 Å². The molecule has 1 aromatic heterocycles. The van der Waals surface area contributed by atoms with Crippen LogP contribution in [0.5, 0.6) is 0 Å². The summed E-state index contributed by atoms with van der Waals surface area (Å²) >= 11 is 0. The lowest BCUT2D eigenvalue weighted by Gasteiger charge is -2.33. The molecular formula is C15H24N2O. The second kappa shape index (κ2) is 5.35. The van der Waals surface area contributed by atoms with Gasteiger partial charge in [0.15, 0.2) is 5.88 Å². The minimum atomic E-state index is 0.438. The van der Waals surface area contributed by atoms with Crippen LogP contribution in [-0.4, -0.2) is 19.1 Å². The molecule has 1 N–H and O–H groups in total. The summed E-state index contributed by atoms with van der Waals surface area (Å²) in [5.74, 6) is 2.20. The molecule has 3 nitrogen and oxygen atoms in total. The summed E-state index contributed by atoms with van der Waals surface area (Å²) in [7, 11) is 0. The van der Waals surface area contributed by atoms with E-state index in [9.17, 15) is 0 Å².